The molecule has 0 spiro atoms. The van der Waals surface area contributed by atoms with E-state index in [0.717, 1.165) is 24.3 Å². The molecule has 1 rings (SSSR count). The molecule has 0 aromatic heterocycles. The molecule has 100 valence electrons. The number of rotatable bonds is 4. The van der Waals surface area contributed by atoms with Crippen LogP contribution in [0.3, 0.4) is 0 Å². The van der Waals surface area contributed by atoms with Crippen LogP contribution < -0.4 is 0 Å². The molecule has 3 nitrogen and oxygen atoms in total. The number of aliphatic hydroxyl groups excluding tert-OH is 1. The summed E-state index contributed by atoms with van der Waals surface area (Å²) in [6.07, 6.45) is -4.41. The minimum absolute atomic E-state index is 0.163. The molecular weight excluding hydrogens is 247 g/mol. The van der Waals surface area contributed by atoms with E-state index in [0.29, 0.717) is 6.54 Å². The summed E-state index contributed by atoms with van der Waals surface area (Å²) in [6, 6.07) is 4.04. The zero-order valence-corrected chi connectivity index (χ0v) is 9.87. The van der Waals surface area contributed by atoms with E-state index < -0.39 is 11.7 Å². The highest BCUT2D eigenvalue weighted by atomic mass is 19.4. The third-order valence-electron chi connectivity index (χ3n) is 2.50. The van der Waals surface area contributed by atoms with Gasteiger partial charge in [-0.15, -0.1) is 0 Å². The summed E-state index contributed by atoms with van der Waals surface area (Å²) in [5.74, 6) is -0.389. The Morgan fingerprint density at radius 1 is 1.28 bits per heavy atom. The van der Waals surface area contributed by atoms with Crippen molar-refractivity contribution in [2.45, 2.75) is 13.1 Å². The normalized spacial score (nSPS) is 11.4. The van der Waals surface area contributed by atoms with E-state index in [1.165, 1.54) is 4.90 Å². The molecule has 6 heteroatoms. The lowest BCUT2D eigenvalue weighted by molar-refractivity contribution is -0.137. The van der Waals surface area contributed by atoms with E-state index in [4.69, 9.17) is 5.11 Å². The lowest BCUT2D eigenvalue weighted by atomic mass is 10.1. The molecule has 18 heavy (non-hydrogen) atoms. The van der Waals surface area contributed by atoms with Crippen molar-refractivity contribution in [3.8, 4) is 0 Å². The van der Waals surface area contributed by atoms with E-state index in [1.807, 2.05) is 0 Å². The van der Waals surface area contributed by atoms with E-state index in [1.54, 1.807) is 6.92 Å². The molecule has 0 saturated heterocycles. The van der Waals surface area contributed by atoms with Crippen molar-refractivity contribution in [3.63, 3.8) is 0 Å². The summed E-state index contributed by atoms with van der Waals surface area (Å²) >= 11 is 0. The van der Waals surface area contributed by atoms with Crippen LogP contribution in [0.25, 0.3) is 0 Å². The number of benzene rings is 1. The molecule has 0 atom stereocenters. The summed E-state index contributed by atoms with van der Waals surface area (Å²) in [5.41, 5.74) is -0.609. The zero-order chi connectivity index (χ0) is 13.8. The molecule has 1 amide bonds. The summed E-state index contributed by atoms with van der Waals surface area (Å²) < 4.78 is 37.0. The third kappa shape index (κ3) is 3.46. The third-order valence-corrected chi connectivity index (χ3v) is 2.50. The molecule has 0 aliphatic heterocycles. The second-order valence-electron chi connectivity index (χ2n) is 3.68. The van der Waals surface area contributed by atoms with Gasteiger partial charge >= 0.3 is 6.18 Å². The van der Waals surface area contributed by atoms with Crippen molar-refractivity contribution in [1.82, 2.24) is 4.90 Å². The van der Waals surface area contributed by atoms with Gasteiger partial charge in [-0.05, 0) is 31.2 Å². The van der Waals surface area contributed by atoms with E-state index >= 15 is 0 Å². The molecule has 0 radical (unpaired) electrons. The van der Waals surface area contributed by atoms with Gasteiger partial charge in [0.15, 0.2) is 0 Å². The maximum absolute atomic E-state index is 12.3. The average molecular weight is 261 g/mol. The molecule has 1 N–H and O–H groups in total. The Balaban J connectivity index is 2.88. The first-order valence-electron chi connectivity index (χ1n) is 5.47. The number of nitrogens with zero attached hydrogens (tertiary/aromatic N) is 1. The smallest absolute Gasteiger partial charge is 0.395 e. The van der Waals surface area contributed by atoms with E-state index in [9.17, 15) is 18.0 Å². The number of carbonyl (C=O) groups excluding carboxylic acids is 1. The molecule has 1 aromatic carbocycles. The van der Waals surface area contributed by atoms with E-state index in [2.05, 4.69) is 0 Å². The Kier molecular flexibility index (Phi) is 4.72. The summed E-state index contributed by atoms with van der Waals surface area (Å²) in [6.45, 7) is 2.11. The standard InChI is InChI=1S/C12H14F3NO2/c1-2-16(7-8-17)11(18)9-3-5-10(6-4-9)12(13,14)15/h3-6,17H,2,7-8H2,1H3. The fraction of sp³-hybridized carbons (Fsp3) is 0.417. The first kappa shape index (κ1) is 14.5. The highest BCUT2D eigenvalue weighted by Gasteiger charge is 2.30. The number of carbonyl (C=O) groups is 1. The number of hydrogen-bond acceptors (Lipinski definition) is 2. The predicted molar refractivity (Wildman–Crippen MR) is 60.1 cm³/mol. The highest BCUT2D eigenvalue weighted by molar-refractivity contribution is 5.94. The van der Waals surface area contributed by atoms with Crippen molar-refractivity contribution < 1.29 is 23.1 Å². The SMILES string of the molecule is CCN(CCO)C(=O)c1ccc(C(F)(F)F)cc1. The number of hydrogen-bond donors (Lipinski definition) is 1. The van der Waals surface area contributed by atoms with Crippen molar-refractivity contribution in [2.75, 3.05) is 19.7 Å². The number of halogens is 3. The van der Waals surface area contributed by atoms with Gasteiger partial charge in [0.05, 0.1) is 12.2 Å². The van der Waals surface area contributed by atoms with Crippen LogP contribution in [-0.4, -0.2) is 35.6 Å². The first-order chi connectivity index (χ1) is 8.40. The number of likely N-dealkylation sites (N-methyl/N-ethyl adjacent to an activating group) is 1. The van der Waals surface area contributed by atoms with Crippen LogP contribution in [0.5, 0.6) is 0 Å². The van der Waals surface area contributed by atoms with Gasteiger partial charge in [-0.25, -0.2) is 0 Å². The molecule has 0 bridgehead atoms. The van der Waals surface area contributed by atoms with Gasteiger partial charge in [0.25, 0.3) is 5.91 Å². The highest BCUT2D eigenvalue weighted by Crippen LogP contribution is 2.29. The Hall–Kier alpha value is -1.56. The lowest BCUT2D eigenvalue weighted by Gasteiger charge is -2.19. The monoisotopic (exact) mass is 261 g/mol. The molecule has 0 aliphatic carbocycles. The zero-order valence-electron chi connectivity index (χ0n) is 9.87. The van der Waals surface area contributed by atoms with Crippen LogP contribution in [0.2, 0.25) is 0 Å². The quantitative estimate of drug-likeness (QED) is 0.902. The maximum Gasteiger partial charge on any atom is 0.416 e. The summed E-state index contributed by atoms with van der Waals surface area (Å²) in [5, 5.41) is 8.77. The summed E-state index contributed by atoms with van der Waals surface area (Å²) in [7, 11) is 0. The molecule has 0 saturated carbocycles. The van der Waals surface area contributed by atoms with Crippen LogP contribution in [-0.2, 0) is 6.18 Å². The fourth-order valence-corrected chi connectivity index (χ4v) is 1.51. The van der Waals surface area contributed by atoms with Crippen molar-refractivity contribution in [2.24, 2.45) is 0 Å². The number of amides is 1. The number of alkyl halides is 3. The molecule has 0 aliphatic rings. The fourth-order valence-electron chi connectivity index (χ4n) is 1.51. The molecule has 0 heterocycles. The number of aliphatic hydroxyl groups is 1. The molecule has 0 unspecified atom stereocenters. The molecule has 0 fully saturated rings. The maximum atomic E-state index is 12.3. The minimum atomic E-state index is -4.41. The summed E-state index contributed by atoms with van der Waals surface area (Å²) in [4.78, 5) is 13.2. The Morgan fingerprint density at radius 2 is 1.83 bits per heavy atom. The first-order valence-corrected chi connectivity index (χ1v) is 5.47. The Bertz CT molecular complexity index is 401. The van der Waals surface area contributed by atoms with E-state index in [-0.39, 0.29) is 24.6 Å². The van der Waals surface area contributed by atoms with Gasteiger partial charge < -0.3 is 10.0 Å². The van der Waals surface area contributed by atoms with Gasteiger partial charge in [-0.2, -0.15) is 13.2 Å². The van der Waals surface area contributed by atoms with Crippen LogP contribution in [0.1, 0.15) is 22.8 Å². The van der Waals surface area contributed by atoms with Gasteiger partial charge in [0.1, 0.15) is 0 Å². The second-order valence-corrected chi connectivity index (χ2v) is 3.68. The topological polar surface area (TPSA) is 40.5 Å². The van der Waals surface area contributed by atoms with Crippen molar-refractivity contribution in [3.05, 3.63) is 35.4 Å². The van der Waals surface area contributed by atoms with Crippen LogP contribution in [0, 0.1) is 0 Å². The molecule has 1 aromatic rings. The second kappa shape index (κ2) is 5.86. The van der Waals surface area contributed by atoms with Crippen molar-refractivity contribution >= 4 is 5.91 Å². The predicted octanol–water partition coefficient (Wildman–Crippen LogP) is 2.16. The lowest BCUT2D eigenvalue weighted by Crippen LogP contribution is -2.33. The van der Waals surface area contributed by atoms with Crippen LogP contribution >= 0.6 is 0 Å². The largest absolute Gasteiger partial charge is 0.416 e. The van der Waals surface area contributed by atoms with Gasteiger partial charge in [-0.3, -0.25) is 4.79 Å². The minimum Gasteiger partial charge on any atom is -0.395 e. The Morgan fingerprint density at radius 3 is 2.22 bits per heavy atom. The van der Waals surface area contributed by atoms with Gasteiger partial charge in [0.2, 0.25) is 0 Å². The van der Waals surface area contributed by atoms with Crippen LogP contribution in [0.4, 0.5) is 13.2 Å². The van der Waals surface area contributed by atoms with Gasteiger partial charge in [0, 0.05) is 18.7 Å². The molecular formula is C12H14F3NO2. The average Bonchev–Trinajstić information content (AvgIpc) is 2.34. The van der Waals surface area contributed by atoms with Crippen molar-refractivity contribution in [1.29, 1.82) is 0 Å². The van der Waals surface area contributed by atoms with Crippen LogP contribution in [0.15, 0.2) is 24.3 Å². The Labute approximate surface area is 103 Å². The van der Waals surface area contributed by atoms with Gasteiger partial charge in [-0.1, -0.05) is 0 Å².